The number of rotatable bonds is 20. The summed E-state index contributed by atoms with van der Waals surface area (Å²) in [6.07, 6.45) is -1.16. The Morgan fingerprint density at radius 3 is 2.09 bits per heavy atom. The molecule has 29 heteroatoms. The van der Waals surface area contributed by atoms with E-state index in [1.54, 1.807) is 117 Å². The van der Waals surface area contributed by atoms with E-state index < -0.39 is 105 Å². The molecule has 0 radical (unpaired) electrons. The molecule has 4 heterocycles. The van der Waals surface area contributed by atoms with Gasteiger partial charge in [0.05, 0.1) is 30.4 Å². The van der Waals surface area contributed by atoms with E-state index in [1.165, 1.54) is 19.2 Å². The van der Waals surface area contributed by atoms with Crippen molar-refractivity contribution < 1.29 is 89.4 Å². The number of benzene rings is 1. The Hall–Kier alpha value is -6.66. The second kappa shape index (κ2) is 23.9. The zero-order valence-corrected chi connectivity index (χ0v) is 47.2. The predicted molar refractivity (Wildman–Crippen MR) is 273 cm³/mol. The Morgan fingerprint density at radius 1 is 0.896 bits per heavy atom. The smallest absolute Gasteiger partial charge is 0.438 e. The zero-order chi connectivity index (χ0) is 57.6. The molecule has 2 aliphatic heterocycles. The van der Waals surface area contributed by atoms with Gasteiger partial charge in [0.25, 0.3) is 17.9 Å². The summed E-state index contributed by atoms with van der Waals surface area (Å²) in [4.78, 5) is 99.5. The molecule has 0 unspecified atom stereocenters. The van der Waals surface area contributed by atoms with Crippen molar-refractivity contribution in [3.63, 3.8) is 0 Å². The number of aliphatic hydroxyl groups is 1. The molecule has 2 aromatic heterocycles. The van der Waals surface area contributed by atoms with Crippen molar-refractivity contribution in [2.45, 2.75) is 156 Å². The third-order valence-electron chi connectivity index (χ3n) is 10.4. The molecule has 5 amide bonds. The first-order chi connectivity index (χ1) is 35.3. The number of oxime groups is 1. The molecule has 3 atom stereocenters. The van der Waals surface area contributed by atoms with Crippen molar-refractivity contribution in [1.29, 1.82) is 0 Å². The maximum Gasteiger partial charge on any atom is 0.438 e. The molecule has 2 saturated heterocycles. The van der Waals surface area contributed by atoms with Crippen LogP contribution in [0.2, 0.25) is 0 Å². The highest BCUT2D eigenvalue weighted by Crippen LogP contribution is 2.33. The van der Waals surface area contributed by atoms with E-state index in [0.29, 0.717) is 30.3 Å². The van der Waals surface area contributed by atoms with E-state index in [-0.39, 0.29) is 35.6 Å². The summed E-state index contributed by atoms with van der Waals surface area (Å²) in [5, 5.41) is 24.0. The van der Waals surface area contributed by atoms with E-state index in [9.17, 15) is 46.8 Å². The van der Waals surface area contributed by atoms with E-state index in [2.05, 4.69) is 30.4 Å². The molecule has 1 aromatic carbocycles. The maximum atomic E-state index is 14.0. The van der Waals surface area contributed by atoms with Crippen molar-refractivity contribution >= 4 is 68.6 Å². The zero-order valence-electron chi connectivity index (χ0n) is 45.5. The van der Waals surface area contributed by atoms with Gasteiger partial charge in [0.2, 0.25) is 6.20 Å². The van der Waals surface area contributed by atoms with Gasteiger partial charge in [0, 0.05) is 24.4 Å². The fraction of sp³-hybridized carbons (Fsp3) is 0.604. The number of thiazole rings is 1. The molecule has 0 bridgehead atoms. The number of hydroxylamine groups is 2. The highest BCUT2D eigenvalue weighted by Gasteiger charge is 2.58. The predicted octanol–water partition coefficient (Wildman–Crippen LogP) is 4.28. The molecule has 0 saturated carbocycles. The topological polar surface area (TPSA) is 327 Å². The standard InChI is InChI=1S/C48H69N9O18S2/c1-44(2,3)69-39(61)34(72-53-35(33-27-76-40(50-33)52-42(63)70-45(4,5)6)37(59)51-36-38(60)57(48(36,13)14)75-77(65,66)67)26-68-32-17-15-29(16-18-32)30-23-55(22-28-20-54(21-28)43(64)71-46(7,8)9)56(24-30)25-31(58)19-49-41(62)73-74-47(10,11)12/h15-18,23-24,27-28,31,34,36,58H,19-22,25-26H2,1-14H3,(H3-,49,50,51,52,59,62,63,65,66,67)/p+1/b53-35-/t31-,34-,36+/m0/s1. The van der Waals surface area contributed by atoms with E-state index in [4.69, 9.17) is 33.6 Å². The summed E-state index contributed by atoms with van der Waals surface area (Å²) >= 11 is 0.870. The molecule has 3 aromatic rings. The molecule has 27 nitrogen and oxygen atoms in total. The largest absolute Gasteiger partial charge is 0.489 e. The minimum absolute atomic E-state index is 0.0362. The van der Waals surface area contributed by atoms with Crippen molar-refractivity contribution in [2.75, 3.05) is 31.6 Å². The summed E-state index contributed by atoms with van der Waals surface area (Å²) in [7, 11) is -5.12. The van der Waals surface area contributed by atoms with Crippen molar-refractivity contribution in [1.82, 2.24) is 30.3 Å². The molecule has 426 valence electrons. The fourth-order valence-corrected chi connectivity index (χ4v) is 8.20. The van der Waals surface area contributed by atoms with Crippen LogP contribution in [0.25, 0.3) is 11.1 Å². The number of esters is 1. The molecule has 2 aliphatic rings. The van der Waals surface area contributed by atoms with E-state index >= 15 is 0 Å². The quantitative estimate of drug-likeness (QED) is 0.0154. The van der Waals surface area contributed by atoms with Gasteiger partial charge in [-0.1, -0.05) is 17.3 Å². The van der Waals surface area contributed by atoms with Crippen LogP contribution < -0.4 is 25.4 Å². The molecule has 77 heavy (non-hydrogen) atoms. The molecule has 0 aliphatic carbocycles. The Balaban J connectivity index is 1.37. The second-order valence-corrected chi connectivity index (χ2v) is 24.4. The Kier molecular flexibility index (Phi) is 19.0. The normalized spacial score (nSPS) is 17.0. The lowest BCUT2D eigenvalue weighted by Crippen LogP contribution is -2.76. The molecule has 5 N–H and O–H groups in total. The minimum atomic E-state index is -5.12. The molecule has 5 rings (SSSR count). The molecular formula is C48H70N9O18S2+. The first-order valence-corrected chi connectivity index (χ1v) is 26.5. The second-order valence-electron chi connectivity index (χ2n) is 22.6. The van der Waals surface area contributed by atoms with Crippen LogP contribution in [0.4, 0.5) is 19.5 Å². The number of carbonyl (C=O) groups excluding carboxylic acids is 6. The SMILES string of the molecule is CC(C)(C)OOC(=O)NC[C@H](O)C[n+]1cc(-c2ccc(OC[C@H](O/N=C(\C(=O)N[C@@H]3C(=O)N(OS(=O)(=O)O)C3(C)C)c3csc(NC(=O)OC(C)(C)C)n3)C(=O)OC(C)(C)C)cc2)cn1CC1CN(C(=O)OC(C)(C)C)C1. The maximum absolute atomic E-state index is 14.0. The summed E-state index contributed by atoms with van der Waals surface area (Å²) in [6.45, 7) is 23.7. The van der Waals surface area contributed by atoms with E-state index in [0.717, 1.165) is 16.9 Å². The van der Waals surface area contributed by atoms with Crippen LogP contribution in [-0.4, -0.2) is 152 Å². The average molecular weight is 1130 g/mol. The Labute approximate surface area is 450 Å². The third-order valence-corrected chi connectivity index (χ3v) is 11.5. The summed E-state index contributed by atoms with van der Waals surface area (Å²) in [5.74, 6) is -2.78. The molecular weight excluding hydrogens is 1050 g/mol. The number of aromatic nitrogens is 3. The van der Waals surface area contributed by atoms with Gasteiger partial charge in [-0.2, -0.15) is 23.1 Å². The number of anilines is 1. The van der Waals surface area contributed by atoms with Crippen LogP contribution in [0, 0.1) is 5.92 Å². The van der Waals surface area contributed by atoms with Crippen LogP contribution in [0.15, 0.2) is 47.2 Å². The number of amides is 5. The highest BCUT2D eigenvalue weighted by molar-refractivity contribution is 7.80. The van der Waals surface area contributed by atoms with Crippen molar-refractivity contribution in [3.8, 4) is 16.9 Å². The number of likely N-dealkylation sites (tertiary alicyclic amines) is 1. The lowest BCUT2D eigenvalue weighted by atomic mass is 9.84. The van der Waals surface area contributed by atoms with Gasteiger partial charge in [0.1, 0.15) is 52.6 Å². The van der Waals surface area contributed by atoms with E-state index in [1.807, 2.05) is 17.1 Å². The number of hydrogen-bond donors (Lipinski definition) is 5. The number of aliphatic hydroxyl groups excluding tert-OH is 1. The lowest BCUT2D eigenvalue weighted by molar-refractivity contribution is -0.780. The fourth-order valence-electron chi connectivity index (χ4n) is 7.06. The number of hydrogen-bond acceptors (Lipinski definition) is 20. The lowest BCUT2D eigenvalue weighted by Gasteiger charge is -2.50. The third kappa shape index (κ3) is 18.8. The average Bonchev–Trinajstić information content (AvgIpc) is 3.89. The number of nitrogens with zero attached hydrogens (tertiary/aromatic N) is 6. The molecule has 2 fully saturated rings. The van der Waals surface area contributed by atoms with Gasteiger partial charge in [-0.3, -0.25) is 24.3 Å². The van der Waals surface area contributed by atoms with Crippen LogP contribution >= 0.6 is 11.3 Å². The first kappa shape index (κ1) is 61.2. The van der Waals surface area contributed by atoms with Gasteiger partial charge >= 0.3 is 34.6 Å². The van der Waals surface area contributed by atoms with Gasteiger partial charge in [-0.05, 0) is 115 Å². The minimum Gasteiger partial charge on any atom is -0.489 e. The van der Waals surface area contributed by atoms with Gasteiger partial charge in [0.15, 0.2) is 17.4 Å². The van der Waals surface area contributed by atoms with Crippen LogP contribution in [0.3, 0.4) is 0 Å². The van der Waals surface area contributed by atoms with Crippen LogP contribution in [0.5, 0.6) is 5.75 Å². The summed E-state index contributed by atoms with van der Waals surface area (Å²) < 4.78 is 62.6. The summed E-state index contributed by atoms with van der Waals surface area (Å²) in [6, 6.07) is 5.31. The van der Waals surface area contributed by atoms with Gasteiger partial charge in [-0.25, -0.2) is 24.2 Å². The summed E-state index contributed by atoms with van der Waals surface area (Å²) in [5.41, 5.74) is -4.18. The van der Waals surface area contributed by atoms with Crippen LogP contribution in [-0.2, 0) is 71.0 Å². The number of ether oxygens (including phenoxy) is 4. The van der Waals surface area contributed by atoms with Crippen molar-refractivity contribution in [3.05, 3.63) is 47.7 Å². The van der Waals surface area contributed by atoms with Gasteiger partial charge < -0.3 is 44.4 Å². The number of β-lactam (4-membered cyclic amide) rings is 1. The monoisotopic (exact) mass is 1120 g/mol. The Morgan fingerprint density at radius 2 is 1.52 bits per heavy atom. The van der Waals surface area contributed by atoms with Crippen molar-refractivity contribution in [2.24, 2.45) is 11.1 Å². The molecule has 0 spiro atoms. The highest BCUT2D eigenvalue weighted by atomic mass is 32.3. The van der Waals surface area contributed by atoms with Gasteiger partial charge in [-0.15, -0.1) is 20.3 Å². The van der Waals surface area contributed by atoms with Crippen LogP contribution in [0.1, 0.15) is 103 Å². The first-order valence-electron chi connectivity index (χ1n) is 24.2. The Bertz CT molecular complexity index is 2760. The number of nitrogens with one attached hydrogen (secondary N) is 3. The number of carbonyl (C=O) groups is 6.